The van der Waals surface area contributed by atoms with Crippen LogP contribution < -0.4 is 10.3 Å². The van der Waals surface area contributed by atoms with E-state index in [9.17, 15) is 18.0 Å². The first-order valence-electron chi connectivity index (χ1n) is 12.8. The van der Waals surface area contributed by atoms with Gasteiger partial charge in [0.05, 0.1) is 16.5 Å². The number of aromatic amines is 1. The fraction of sp³-hybridized carbons (Fsp3) is 0.393. The summed E-state index contributed by atoms with van der Waals surface area (Å²) in [6.07, 6.45) is 1.47. The number of rotatable bonds is 6. The van der Waals surface area contributed by atoms with Gasteiger partial charge in [-0.05, 0) is 49.2 Å². The molecule has 1 saturated heterocycles. The van der Waals surface area contributed by atoms with E-state index in [-0.39, 0.29) is 29.2 Å². The van der Waals surface area contributed by atoms with Gasteiger partial charge >= 0.3 is 6.18 Å². The van der Waals surface area contributed by atoms with E-state index in [2.05, 4.69) is 19.9 Å². The van der Waals surface area contributed by atoms with Crippen LogP contribution in [0, 0.1) is 6.92 Å². The zero-order valence-electron chi connectivity index (χ0n) is 22.0. The van der Waals surface area contributed by atoms with E-state index in [4.69, 9.17) is 4.74 Å². The second-order valence-corrected chi connectivity index (χ2v) is 9.10. The summed E-state index contributed by atoms with van der Waals surface area (Å²) in [7, 11) is 0. The molecule has 0 radical (unpaired) electrons. The number of aryl methyl sites for hydroxylation is 1. The molecule has 0 bridgehead atoms. The van der Waals surface area contributed by atoms with Gasteiger partial charge in [-0.1, -0.05) is 26.8 Å². The Morgan fingerprint density at radius 1 is 1.18 bits per heavy atom. The lowest BCUT2D eigenvalue weighted by Gasteiger charge is -2.19. The van der Waals surface area contributed by atoms with E-state index in [1.807, 2.05) is 62.9 Å². The van der Waals surface area contributed by atoms with Crippen LogP contribution in [0.25, 0.3) is 16.7 Å². The molecule has 10 heteroatoms. The van der Waals surface area contributed by atoms with Gasteiger partial charge < -0.3 is 14.3 Å². The van der Waals surface area contributed by atoms with Crippen molar-refractivity contribution in [3.05, 3.63) is 81.8 Å². The van der Waals surface area contributed by atoms with Crippen LogP contribution in [0.4, 0.5) is 13.2 Å². The number of halogens is 3. The number of likely N-dealkylation sites (tertiary alicyclic amines) is 1. The third-order valence-corrected chi connectivity index (χ3v) is 6.42. The maximum Gasteiger partial charge on any atom is 0.419 e. The minimum atomic E-state index is -4.66. The molecule has 3 aromatic heterocycles. The minimum absolute atomic E-state index is 0.128. The van der Waals surface area contributed by atoms with E-state index in [0.717, 1.165) is 36.1 Å². The average molecular weight is 528 g/mol. The second kappa shape index (κ2) is 11.4. The molecule has 1 N–H and O–H groups in total. The number of H-pyrrole nitrogens is 1. The summed E-state index contributed by atoms with van der Waals surface area (Å²) in [6.45, 7) is 10.1. The lowest BCUT2D eigenvalue weighted by Crippen LogP contribution is -2.25. The summed E-state index contributed by atoms with van der Waals surface area (Å²) < 4.78 is 49.2. The lowest BCUT2D eigenvalue weighted by atomic mass is 10.1. The fourth-order valence-corrected chi connectivity index (χ4v) is 4.49. The number of hydrogen-bond donors (Lipinski definition) is 1. The van der Waals surface area contributed by atoms with Gasteiger partial charge in [-0.25, -0.2) is 9.97 Å². The summed E-state index contributed by atoms with van der Waals surface area (Å²) in [6, 6.07) is 7.79. The van der Waals surface area contributed by atoms with Crippen molar-refractivity contribution < 1.29 is 17.9 Å². The van der Waals surface area contributed by atoms with Crippen LogP contribution in [0.15, 0.2) is 53.7 Å². The molecule has 0 spiro atoms. The van der Waals surface area contributed by atoms with Gasteiger partial charge in [0.2, 0.25) is 0 Å². The zero-order chi connectivity index (χ0) is 27.4. The molecule has 38 heavy (non-hydrogen) atoms. The van der Waals surface area contributed by atoms with E-state index in [1.54, 1.807) is 6.20 Å². The van der Waals surface area contributed by atoms with Gasteiger partial charge in [0.1, 0.15) is 23.5 Å². The van der Waals surface area contributed by atoms with Crippen LogP contribution in [0.1, 0.15) is 49.7 Å². The van der Waals surface area contributed by atoms with Crippen molar-refractivity contribution in [1.82, 2.24) is 24.4 Å². The van der Waals surface area contributed by atoms with Crippen molar-refractivity contribution in [2.24, 2.45) is 0 Å². The van der Waals surface area contributed by atoms with Gasteiger partial charge in [-0.2, -0.15) is 13.2 Å². The van der Waals surface area contributed by atoms with Crippen LogP contribution in [0.5, 0.6) is 5.75 Å². The van der Waals surface area contributed by atoms with E-state index in [0.29, 0.717) is 18.8 Å². The summed E-state index contributed by atoms with van der Waals surface area (Å²) in [5.74, 6) is 0.791. The molecule has 0 amide bonds. The molecule has 7 nitrogen and oxygen atoms in total. The summed E-state index contributed by atoms with van der Waals surface area (Å²) in [5, 5.41) is -0.128. The molecular weight excluding hydrogens is 495 g/mol. The largest absolute Gasteiger partial charge is 0.488 e. The first kappa shape index (κ1) is 27.4. The van der Waals surface area contributed by atoms with Gasteiger partial charge in [-0.3, -0.25) is 9.69 Å². The molecule has 1 fully saturated rings. The standard InChI is InChI=1S/C26H26F3N5O2.C2H6/c1-3-33-8-7-18(15-33)36-22-12-21-19(11-20(22)26(27,28)29)25(35)32-23(31-21)10-17-4-5-24(30-13-17)34-9-6-16(2)14-34;1-2/h4-6,9,11-14,18H,3,7-8,10,15H2,1-2H3,(H,31,32,35);1-2H3. The van der Waals surface area contributed by atoms with Gasteiger partial charge in [0.15, 0.2) is 0 Å². The number of nitrogens with zero attached hydrogens (tertiary/aromatic N) is 4. The van der Waals surface area contributed by atoms with Crippen molar-refractivity contribution in [2.45, 2.75) is 52.8 Å². The zero-order valence-corrected chi connectivity index (χ0v) is 22.0. The number of ether oxygens (including phenoxy) is 1. The van der Waals surface area contributed by atoms with Crippen molar-refractivity contribution in [3.63, 3.8) is 0 Å². The first-order chi connectivity index (χ1) is 18.2. The highest BCUT2D eigenvalue weighted by Crippen LogP contribution is 2.39. The van der Waals surface area contributed by atoms with E-state index >= 15 is 0 Å². The summed E-state index contributed by atoms with van der Waals surface area (Å²) in [4.78, 5) is 26.4. The highest BCUT2D eigenvalue weighted by atomic mass is 19.4. The van der Waals surface area contributed by atoms with Crippen LogP contribution in [-0.4, -0.2) is 50.2 Å². The third kappa shape index (κ3) is 6.07. The molecular formula is C28H32F3N5O2. The Kier molecular flexibility index (Phi) is 8.20. The number of hydrogen-bond acceptors (Lipinski definition) is 5. The molecule has 4 heterocycles. The summed E-state index contributed by atoms with van der Waals surface area (Å²) >= 11 is 0. The Bertz CT molecular complexity index is 1440. The van der Waals surface area contributed by atoms with Crippen LogP contribution >= 0.6 is 0 Å². The topological polar surface area (TPSA) is 76.0 Å². The van der Waals surface area contributed by atoms with Crippen molar-refractivity contribution in [3.8, 4) is 11.6 Å². The summed E-state index contributed by atoms with van der Waals surface area (Å²) in [5.41, 5.74) is 0.489. The monoisotopic (exact) mass is 527 g/mol. The molecule has 4 aromatic rings. The Morgan fingerprint density at radius 2 is 1.97 bits per heavy atom. The van der Waals surface area contributed by atoms with E-state index in [1.165, 1.54) is 6.07 Å². The average Bonchev–Trinajstić information content (AvgIpc) is 3.53. The Hall–Kier alpha value is -3.66. The molecule has 1 unspecified atom stereocenters. The predicted molar refractivity (Wildman–Crippen MR) is 141 cm³/mol. The Balaban J connectivity index is 0.00000164. The number of likely N-dealkylation sites (N-methyl/N-ethyl adjacent to an activating group) is 1. The predicted octanol–water partition coefficient (Wildman–Crippen LogP) is 5.53. The first-order valence-corrected chi connectivity index (χ1v) is 12.8. The number of pyridine rings is 1. The van der Waals surface area contributed by atoms with E-state index < -0.39 is 17.3 Å². The maximum atomic E-state index is 13.8. The fourth-order valence-electron chi connectivity index (χ4n) is 4.49. The van der Waals surface area contributed by atoms with Crippen LogP contribution in [0.2, 0.25) is 0 Å². The van der Waals surface area contributed by atoms with Gasteiger partial charge in [0, 0.05) is 44.2 Å². The Labute approximate surface area is 219 Å². The third-order valence-electron chi connectivity index (χ3n) is 6.42. The van der Waals surface area contributed by atoms with Crippen LogP contribution in [-0.2, 0) is 12.6 Å². The van der Waals surface area contributed by atoms with Crippen molar-refractivity contribution in [2.75, 3.05) is 19.6 Å². The number of alkyl halides is 3. The lowest BCUT2D eigenvalue weighted by molar-refractivity contribution is -0.139. The van der Waals surface area contributed by atoms with Gasteiger partial charge in [0.25, 0.3) is 5.56 Å². The molecule has 1 aliphatic rings. The molecule has 1 aliphatic heterocycles. The number of fused-ring (bicyclic) bond motifs is 1. The smallest absolute Gasteiger partial charge is 0.419 e. The minimum Gasteiger partial charge on any atom is -0.488 e. The Morgan fingerprint density at radius 3 is 2.58 bits per heavy atom. The SMILES string of the molecule is CC.CCN1CCC(Oc2cc3nc(Cc4ccc(-n5ccc(C)c5)nc4)[nH]c(=O)c3cc2C(F)(F)F)C1. The normalized spacial score (nSPS) is 15.9. The molecule has 202 valence electrons. The second-order valence-electron chi connectivity index (χ2n) is 9.10. The highest BCUT2D eigenvalue weighted by molar-refractivity contribution is 5.80. The maximum absolute atomic E-state index is 13.8. The number of benzene rings is 1. The number of aromatic nitrogens is 4. The number of nitrogens with one attached hydrogen (secondary N) is 1. The van der Waals surface area contributed by atoms with Gasteiger partial charge in [-0.15, -0.1) is 0 Å². The highest BCUT2D eigenvalue weighted by Gasteiger charge is 2.36. The molecule has 5 rings (SSSR count). The van der Waals surface area contributed by atoms with Crippen molar-refractivity contribution in [1.29, 1.82) is 0 Å². The molecule has 1 atom stereocenters. The quantitative estimate of drug-likeness (QED) is 0.357. The molecule has 0 saturated carbocycles. The molecule has 1 aromatic carbocycles. The van der Waals surface area contributed by atoms with Crippen LogP contribution in [0.3, 0.4) is 0 Å². The molecule has 0 aliphatic carbocycles. The van der Waals surface area contributed by atoms with Crippen molar-refractivity contribution >= 4 is 10.9 Å².